The second kappa shape index (κ2) is 10.1. The van der Waals surface area contributed by atoms with E-state index in [2.05, 4.69) is 16.1 Å². The van der Waals surface area contributed by atoms with E-state index in [-0.39, 0.29) is 17.7 Å². The molecule has 1 amide bonds. The molecule has 0 spiro atoms. The second-order valence-corrected chi connectivity index (χ2v) is 7.78. The van der Waals surface area contributed by atoms with Crippen LogP contribution in [0, 0.1) is 0 Å². The number of carbonyl (C=O) groups excluding carboxylic acids is 1. The Morgan fingerprint density at radius 3 is 2.34 bits per heavy atom. The molecule has 0 aliphatic carbocycles. The highest BCUT2D eigenvalue weighted by molar-refractivity contribution is 7.09. The molecule has 0 aliphatic heterocycles. The number of ether oxygens (including phenoxy) is 1. The van der Waals surface area contributed by atoms with Gasteiger partial charge in [-0.2, -0.15) is 8.78 Å². The molecule has 0 fully saturated rings. The first-order chi connectivity index (χ1) is 14.0. The van der Waals surface area contributed by atoms with Crippen molar-refractivity contribution < 1.29 is 23.2 Å². The SMILES string of the molecule is C[NH+](CC(=O)N[C@@H](c1ccccc1)c1ccc(OC(F)F)cc1)Cc1cccs1. The predicted molar refractivity (Wildman–Crippen MR) is 109 cm³/mol. The molecule has 2 atom stereocenters. The number of thiophene rings is 1. The molecule has 0 saturated heterocycles. The highest BCUT2D eigenvalue weighted by Gasteiger charge is 2.19. The van der Waals surface area contributed by atoms with Gasteiger partial charge in [0.25, 0.3) is 5.91 Å². The van der Waals surface area contributed by atoms with Gasteiger partial charge in [0.2, 0.25) is 0 Å². The number of carbonyl (C=O) groups is 1. The zero-order chi connectivity index (χ0) is 20.6. The van der Waals surface area contributed by atoms with Crippen molar-refractivity contribution in [2.45, 2.75) is 19.2 Å². The molecule has 29 heavy (non-hydrogen) atoms. The number of alkyl halides is 2. The molecule has 2 N–H and O–H groups in total. The van der Waals surface area contributed by atoms with Crippen molar-refractivity contribution in [1.29, 1.82) is 0 Å². The van der Waals surface area contributed by atoms with Gasteiger partial charge >= 0.3 is 6.61 Å². The maximum absolute atomic E-state index is 12.7. The van der Waals surface area contributed by atoms with E-state index >= 15 is 0 Å². The zero-order valence-electron chi connectivity index (χ0n) is 16.0. The fraction of sp³-hybridized carbons (Fsp3) is 0.227. The number of rotatable bonds is 9. The monoisotopic (exact) mass is 417 g/mol. The van der Waals surface area contributed by atoms with Gasteiger partial charge in [0.05, 0.1) is 18.0 Å². The molecule has 0 radical (unpaired) electrons. The lowest BCUT2D eigenvalue weighted by molar-refractivity contribution is -0.885. The molecule has 152 valence electrons. The quantitative estimate of drug-likeness (QED) is 0.561. The van der Waals surface area contributed by atoms with E-state index < -0.39 is 6.61 Å². The molecule has 0 aliphatic rings. The van der Waals surface area contributed by atoms with Gasteiger partial charge in [-0.25, -0.2) is 0 Å². The third-order valence-electron chi connectivity index (χ3n) is 4.40. The van der Waals surface area contributed by atoms with Gasteiger partial charge in [-0.3, -0.25) is 4.79 Å². The number of benzene rings is 2. The number of likely N-dealkylation sites (N-methyl/N-ethyl adjacent to an activating group) is 1. The van der Waals surface area contributed by atoms with Crippen molar-refractivity contribution in [2.24, 2.45) is 0 Å². The molecule has 7 heteroatoms. The van der Waals surface area contributed by atoms with Crippen LogP contribution in [0.15, 0.2) is 72.1 Å². The Labute approximate surface area is 172 Å². The summed E-state index contributed by atoms with van der Waals surface area (Å²) in [7, 11) is 1.98. The lowest BCUT2D eigenvalue weighted by Gasteiger charge is -2.21. The topological polar surface area (TPSA) is 42.8 Å². The first kappa shape index (κ1) is 21.0. The molecule has 1 heterocycles. The summed E-state index contributed by atoms with van der Waals surface area (Å²) >= 11 is 1.67. The first-order valence-corrected chi connectivity index (χ1v) is 10.1. The normalized spacial score (nSPS) is 13.1. The van der Waals surface area contributed by atoms with E-state index in [0.717, 1.165) is 22.6 Å². The molecule has 2 aromatic carbocycles. The molecule has 3 aromatic rings. The third kappa shape index (κ3) is 6.37. The summed E-state index contributed by atoms with van der Waals surface area (Å²) in [5.74, 6) is 0.00262. The van der Waals surface area contributed by atoms with Gasteiger partial charge in [0.1, 0.15) is 12.3 Å². The van der Waals surface area contributed by atoms with Gasteiger partial charge in [0.15, 0.2) is 6.54 Å². The van der Waals surface area contributed by atoms with E-state index in [1.807, 2.05) is 48.8 Å². The zero-order valence-corrected chi connectivity index (χ0v) is 16.8. The van der Waals surface area contributed by atoms with Crippen molar-refractivity contribution in [3.8, 4) is 5.75 Å². The number of hydrogen-bond acceptors (Lipinski definition) is 3. The van der Waals surface area contributed by atoms with Crippen LogP contribution in [0.1, 0.15) is 22.0 Å². The van der Waals surface area contributed by atoms with Crippen LogP contribution in [0.5, 0.6) is 5.75 Å². The number of halogens is 2. The molecule has 0 saturated carbocycles. The summed E-state index contributed by atoms with van der Waals surface area (Å²) in [5.41, 5.74) is 1.71. The Morgan fingerprint density at radius 2 is 1.72 bits per heavy atom. The van der Waals surface area contributed by atoms with Crippen LogP contribution in [0.2, 0.25) is 0 Å². The van der Waals surface area contributed by atoms with Crippen LogP contribution >= 0.6 is 11.3 Å². The average molecular weight is 418 g/mol. The summed E-state index contributed by atoms with van der Waals surface area (Å²) in [6, 6.07) is 19.6. The van der Waals surface area contributed by atoms with Crippen LogP contribution < -0.4 is 15.0 Å². The molecule has 1 aromatic heterocycles. The average Bonchev–Trinajstić information content (AvgIpc) is 3.20. The van der Waals surface area contributed by atoms with Crippen LogP contribution in [-0.2, 0) is 11.3 Å². The van der Waals surface area contributed by atoms with Gasteiger partial charge in [0, 0.05) is 0 Å². The minimum Gasteiger partial charge on any atom is -0.435 e. The van der Waals surface area contributed by atoms with Crippen molar-refractivity contribution in [1.82, 2.24) is 5.32 Å². The second-order valence-electron chi connectivity index (χ2n) is 6.75. The minimum atomic E-state index is -2.87. The van der Waals surface area contributed by atoms with E-state index in [1.165, 1.54) is 17.0 Å². The van der Waals surface area contributed by atoms with E-state index in [4.69, 9.17) is 0 Å². The third-order valence-corrected chi connectivity index (χ3v) is 5.27. The molecule has 3 rings (SSSR count). The minimum absolute atomic E-state index is 0.0826. The fourth-order valence-corrected chi connectivity index (χ4v) is 3.92. The van der Waals surface area contributed by atoms with Gasteiger partial charge in [-0.05, 0) is 34.7 Å². The largest absolute Gasteiger partial charge is 0.435 e. The first-order valence-electron chi connectivity index (χ1n) is 9.24. The number of quaternary nitrogens is 1. The predicted octanol–water partition coefficient (Wildman–Crippen LogP) is 3.27. The Hall–Kier alpha value is -2.77. The van der Waals surface area contributed by atoms with Gasteiger partial charge < -0.3 is 15.0 Å². The molecular formula is C22H23F2N2O2S+. The van der Waals surface area contributed by atoms with E-state index in [0.29, 0.717) is 6.54 Å². The van der Waals surface area contributed by atoms with E-state index in [1.54, 1.807) is 23.5 Å². The summed E-state index contributed by atoms with van der Waals surface area (Å²) in [6.07, 6.45) is 0. The van der Waals surface area contributed by atoms with Crippen LogP contribution in [-0.4, -0.2) is 26.1 Å². The number of amides is 1. The van der Waals surface area contributed by atoms with Crippen LogP contribution in [0.3, 0.4) is 0 Å². The molecule has 1 unspecified atom stereocenters. The van der Waals surface area contributed by atoms with Crippen molar-refractivity contribution in [2.75, 3.05) is 13.6 Å². The van der Waals surface area contributed by atoms with Gasteiger partial charge in [-0.15, -0.1) is 11.3 Å². The maximum atomic E-state index is 12.7. The summed E-state index contributed by atoms with van der Waals surface area (Å²) in [5, 5.41) is 5.10. The van der Waals surface area contributed by atoms with Gasteiger partial charge in [-0.1, -0.05) is 48.5 Å². The van der Waals surface area contributed by atoms with Crippen molar-refractivity contribution >= 4 is 17.2 Å². The van der Waals surface area contributed by atoms with Crippen molar-refractivity contribution in [3.63, 3.8) is 0 Å². The Bertz CT molecular complexity index is 887. The number of nitrogens with one attached hydrogen (secondary N) is 2. The standard InChI is InChI=1S/C22H22F2N2O2S/c1-26(14-19-8-5-13-29-19)15-20(27)25-21(16-6-3-2-4-7-16)17-9-11-18(12-10-17)28-22(23)24/h2-13,21-22H,14-15H2,1H3,(H,25,27)/p+1/t21-/m0/s1. The lowest BCUT2D eigenvalue weighted by atomic mass is 9.98. The summed E-state index contributed by atoms with van der Waals surface area (Å²) < 4.78 is 29.2. The Balaban J connectivity index is 1.71. The lowest BCUT2D eigenvalue weighted by Crippen LogP contribution is -3.08. The molecule has 4 nitrogen and oxygen atoms in total. The fourth-order valence-electron chi connectivity index (χ4n) is 3.11. The van der Waals surface area contributed by atoms with Crippen LogP contribution in [0.4, 0.5) is 8.78 Å². The highest BCUT2D eigenvalue weighted by Crippen LogP contribution is 2.24. The smallest absolute Gasteiger partial charge is 0.387 e. The Morgan fingerprint density at radius 1 is 1.03 bits per heavy atom. The maximum Gasteiger partial charge on any atom is 0.387 e. The molecular weight excluding hydrogens is 394 g/mol. The number of hydrogen-bond donors (Lipinski definition) is 2. The van der Waals surface area contributed by atoms with Crippen molar-refractivity contribution in [3.05, 3.63) is 88.1 Å². The van der Waals surface area contributed by atoms with Crippen LogP contribution in [0.25, 0.3) is 0 Å². The summed E-state index contributed by atoms with van der Waals surface area (Å²) in [4.78, 5) is 15.0. The van der Waals surface area contributed by atoms with E-state index in [9.17, 15) is 13.6 Å². The Kier molecular flexibility index (Phi) is 7.32. The summed E-state index contributed by atoms with van der Waals surface area (Å²) in [6.45, 7) is -1.76. The highest BCUT2D eigenvalue weighted by atomic mass is 32.1. The molecule has 0 bridgehead atoms.